The van der Waals surface area contributed by atoms with Crippen molar-refractivity contribution in [1.29, 1.82) is 0 Å². The van der Waals surface area contributed by atoms with Crippen molar-refractivity contribution >= 4 is 17.5 Å². The van der Waals surface area contributed by atoms with Gasteiger partial charge in [0.25, 0.3) is 11.8 Å². The third kappa shape index (κ3) is 5.35. The first kappa shape index (κ1) is 19.9. The molecule has 1 fully saturated rings. The Morgan fingerprint density at radius 1 is 1.04 bits per heavy atom. The summed E-state index contributed by atoms with van der Waals surface area (Å²) in [6, 6.07) is 14.9. The molecule has 0 aromatic heterocycles. The molecule has 3 rings (SSSR count). The van der Waals surface area contributed by atoms with Crippen molar-refractivity contribution in [1.82, 2.24) is 4.90 Å². The number of carbonyl (C=O) groups is 2. The minimum absolute atomic E-state index is 0.0253. The van der Waals surface area contributed by atoms with Crippen LogP contribution in [0.5, 0.6) is 5.75 Å². The molecule has 28 heavy (non-hydrogen) atoms. The predicted molar refractivity (Wildman–Crippen MR) is 111 cm³/mol. The summed E-state index contributed by atoms with van der Waals surface area (Å²) in [4.78, 5) is 26.7. The highest BCUT2D eigenvalue weighted by molar-refractivity contribution is 5.97. The van der Waals surface area contributed by atoms with E-state index in [4.69, 9.17) is 4.74 Å². The molecule has 0 aliphatic carbocycles. The molecule has 0 unspecified atom stereocenters. The number of nitrogens with zero attached hydrogens (tertiary/aromatic N) is 1. The lowest BCUT2D eigenvalue weighted by Crippen LogP contribution is -2.35. The first-order chi connectivity index (χ1) is 13.5. The van der Waals surface area contributed by atoms with E-state index in [2.05, 4.69) is 19.2 Å². The van der Waals surface area contributed by atoms with Gasteiger partial charge in [0, 0.05) is 24.3 Å². The Bertz CT molecular complexity index is 809. The molecular weight excluding hydrogens is 352 g/mol. The average Bonchev–Trinajstić information content (AvgIpc) is 2.73. The summed E-state index contributed by atoms with van der Waals surface area (Å²) in [6.45, 7) is 5.80. The average molecular weight is 380 g/mol. The number of anilines is 1. The summed E-state index contributed by atoms with van der Waals surface area (Å²) < 4.78 is 5.56. The minimum Gasteiger partial charge on any atom is -0.484 e. The van der Waals surface area contributed by atoms with E-state index in [0.29, 0.717) is 22.9 Å². The molecule has 1 saturated heterocycles. The lowest BCUT2D eigenvalue weighted by Gasteiger charge is -2.26. The van der Waals surface area contributed by atoms with E-state index in [1.54, 1.807) is 24.3 Å². The molecule has 148 valence electrons. The Morgan fingerprint density at radius 3 is 2.43 bits per heavy atom. The molecule has 0 atom stereocenters. The van der Waals surface area contributed by atoms with E-state index in [9.17, 15) is 9.59 Å². The van der Waals surface area contributed by atoms with E-state index >= 15 is 0 Å². The Morgan fingerprint density at radius 2 is 1.75 bits per heavy atom. The molecule has 1 aliphatic rings. The quantitative estimate of drug-likeness (QED) is 0.805. The van der Waals surface area contributed by atoms with Crippen LogP contribution in [-0.4, -0.2) is 36.4 Å². The third-order valence-electron chi connectivity index (χ3n) is 4.95. The predicted octanol–water partition coefficient (Wildman–Crippen LogP) is 4.45. The number of rotatable bonds is 6. The van der Waals surface area contributed by atoms with Crippen molar-refractivity contribution < 1.29 is 14.3 Å². The first-order valence-electron chi connectivity index (χ1n) is 9.95. The molecule has 1 N–H and O–H groups in total. The van der Waals surface area contributed by atoms with Crippen LogP contribution in [0.4, 0.5) is 5.69 Å². The third-order valence-corrected chi connectivity index (χ3v) is 4.95. The number of likely N-dealkylation sites (tertiary alicyclic amines) is 1. The van der Waals surface area contributed by atoms with Gasteiger partial charge in [0.05, 0.1) is 0 Å². The van der Waals surface area contributed by atoms with Gasteiger partial charge in [-0.05, 0) is 61.1 Å². The van der Waals surface area contributed by atoms with Crippen molar-refractivity contribution in [3.8, 4) is 5.75 Å². The molecule has 1 aliphatic heterocycles. The maximum absolute atomic E-state index is 12.6. The number of ether oxygens (including phenoxy) is 1. The van der Waals surface area contributed by atoms with Gasteiger partial charge in [-0.25, -0.2) is 0 Å². The maximum atomic E-state index is 12.6. The molecule has 0 spiro atoms. The maximum Gasteiger partial charge on any atom is 0.262 e. The van der Waals surface area contributed by atoms with E-state index in [0.717, 1.165) is 25.9 Å². The number of hydrogen-bond donors (Lipinski definition) is 1. The van der Waals surface area contributed by atoms with Crippen LogP contribution in [0.2, 0.25) is 0 Å². The number of benzene rings is 2. The molecule has 2 amide bonds. The highest BCUT2D eigenvalue weighted by Crippen LogP contribution is 2.19. The number of amides is 2. The molecule has 2 aromatic rings. The molecule has 5 nitrogen and oxygen atoms in total. The Hall–Kier alpha value is -2.82. The van der Waals surface area contributed by atoms with Crippen LogP contribution < -0.4 is 10.1 Å². The van der Waals surface area contributed by atoms with Gasteiger partial charge in [0.15, 0.2) is 6.61 Å². The van der Waals surface area contributed by atoms with Crippen LogP contribution in [0.15, 0.2) is 48.5 Å². The van der Waals surface area contributed by atoms with Crippen molar-refractivity contribution in [3.63, 3.8) is 0 Å². The van der Waals surface area contributed by atoms with Gasteiger partial charge < -0.3 is 15.0 Å². The minimum atomic E-state index is -0.254. The zero-order valence-electron chi connectivity index (χ0n) is 16.6. The molecule has 2 aromatic carbocycles. The lowest BCUT2D eigenvalue weighted by molar-refractivity contribution is -0.118. The van der Waals surface area contributed by atoms with E-state index in [-0.39, 0.29) is 18.4 Å². The smallest absolute Gasteiger partial charge is 0.262 e. The highest BCUT2D eigenvalue weighted by atomic mass is 16.5. The second-order valence-electron chi connectivity index (χ2n) is 7.49. The summed E-state index contributed by atoms with van der Waals surface area (Å²) in [6.07, 6.45) is 3.29. The zero-order valence-corrected chi connectivity index (χ0v) is 16.6. The van der Waals surface area contributed by atoms with E-state index in [1.165, 1.54) is 12.0 Å². The van der Waals surface area contributed by atoms with Crippen molar-refractivity contribution in [2.24, 2.45) is 0 Å². The molecule has 1 heterocycles. The van der Waals surface area contributed by atoms with Crippen molar-refractivity contribution in [3.05, 3.63) is 59.7 Å². The topological polar surface area (TPSA) is 58.6 Å². The fourth-order valence-electron chi connectivity index (χ4n) is 3.30. The highest BCUT2D eigenvalue weighted by Gasteiger charge is 2.18. The van der Waals surface area contributed by atoms with Gasteiger partial charge >= 0.3 is 0 Å². The summed E-state index contributed by atoms with van der Waals surface area (Å²) in [5, 5.41) is 2.81. The van der Waals surface area contributed by atoms with Gasteiger partial charge in [-0.3, -0.25) is 9.59 Å². The zero-order chi connectivity index (χ0) is 19.9. The normalized spacial score (nSPS) is 14.0. The number of nitrogens with one attached hydrogen (secondary N) is 1. The molecule has 0 radical (unpaired) electrons. The van der Waals surface area contributed by atoms with E-state index in [1.807, 2.05) is 29.2 Å². The monoisotopic (exact) mass is 380 g/mol. The van der Waals surface area contributed by atoms with Crippen molar-refractivity contribution in [2.45, 2.75) is 39.0 Å². The van der Waals surface area contributed by atoms with Crippen LogP contribution >= 0.6 is 0 Å². The van der Waals surface area contributed by atoms with Crippen LogP contribution in [0.1, 0.15) is 54.9 Å². The summed E-state index contributed by atoms with van der Waals surface area (Å²) in [5.41, 5.74) is 2.43. The van der Waals surface area contributed by atoms with Gasteiger partial charge in [-0.2, -0.15) is 0 Å². The second-order valence-corrected chi connectivity index (χ2v) is 7.49. The Kier molecular flexibility index (Phi) is 6.69. The summed E-state index contributed by atoms with van der Waals surface area (Å²) >= 11 is 0. The number of piperidine rings is 1. The fraction of sp³-hybridized carbons (Fsp3) is 0.391. The fourth-order valence-corrected chi connectivity index (χ4v) is 3.30. The van der Waals surface area contributed by atoms with Crippen LogP contribution in [0, 0.1) is 0 Å². The van der Waals surface area contributed by atoms with Crippen molar-refractivity contribution in [2.75, 3.05) is 25.0 Å². The molecule has 5 heteroatoms. The SMILES string of the molecule is CC(C)c1ccc(OCC(=O)Nc2cccc(C(=O)N3CCCCC3)c2)cc1. The van der Waals surface area contributed by atoms with E-state index < -0.39 is 0 Å². The standard InChI is InChI=1S/C23H28N2O3/c1-17(2)18-9-11-21(12-10-18)28-16-22(26)24-20-8-6-7-19(15-20)23(27)25-13-4-3-5-14-25/h6-12,15,17H,3-5,13-14,16H2,1-2H3,(H,24,26). The lowest BCUT2D eigenvalue weighted by atomic mass is 10.0. The molecule has 0 saturated carbocycles. The van der Waals surface area contributed by atoms with Crippen LogP contribution in [0.3, 0.4) is 0 Å². The molecule has 0 bridgehead atoms. The molecular formula is C23H28N2O3. The van der Waals surface area contributed by atoms with Crippen LogP contribution in [0.25, 0.3) is 0 Å². The largest absolute Gasteiger partial charge is 0.484 e. The summed E-state index contributed by atoms with van der Waals surface area (Å²) in [5.74, 6) is 0.888. The first-order valence-corrected chi connectivity index (χ1v) is 9.95. The second kappa shape index (κ2) is 9.40. The Labute approximate surface area is 166 Å². The van der Waals surface area contributed by atoms with Gasteiger partial charge in [-0.1, -0.05) is 32.0 Å². The number of hydrogen-bond acceptors (Lipinski definition) is 3. The van der Waals surface area contributed by atoms with Crippen LogP contribution in [-0.2, 0) is 4.79 Å². The summed E-state index contributed by atoms with van der Waals surface area (Å²) in [7, 11) is 0. The van der Waals surface area contributed by atoms with Gasteiger partial charge in [-0.15, -0.1) is 0 Å². The van der Waals surface area contributed by atoms with Gasteiger partial charge in [0.2, 0.25) is 0 Å². The van der Waals surface area contributed by atoms with Gasteiger partial charge in [0.1, 0.15) is 5.75 Å². The Balaban J connectivity index is 1.54. The number of carbonyl (C=O) groups excluding carboxylic acids is 2.